The van der Waals surface area contributed by atoms with Crippen molar-refractivity contribution in [2.75, 3.05) is 0 Å². The van der Waals surface area contributed by atoms with E-state index in [0.717, 1.165) is 0 Å². The lowest BCUT2D eigenvalue weighted by molar-refractivity contribution is 0.465. The Hall–Kier alpha value is -0.500. The number of hydrogen-bond acceptors (Lipinski definition) is 3. The number of nitrogens with two attached hydrogens (primary N) is 1. The highest BCUT2D eigenvalue weighted by Crippen LogP contribution is 2.22. The van der Waals surface area contributed by atoms with Crippen LogP contribution in [0.2, 0.25) is 0 Å². The summed E-state index contributed by atoms with van der Waals surface area (Å²) in [6.07, 6.45) is 1.01. The quantitative estimate of drug-likeness (QED) is 0.760. The highest BCUT2D eigenvalue weighted by Gasteiger charge is 2.34. The smallest absolute Gasteiger partial charge is 0.241 e. The van der Waals surface area contributed by atoms with E-state index in [9.17, 15) is 8.42 Å². The number of sulfonamides is 1. The maximum Gasteiger partial charge on any atom is 0.241 e. The summed E-state index contributed by atoms with van der Waals surface area (Å²) in [5.74, 6) is 0. The zero-order valence-corrected chi connectivity index (χ0v) is 14.0. The van der Waals surface area contributed by atoms with Gasteiger partial charge in [-0.25, -0.2) is 8.42 Å². The summed E-state index contributed by atoms with van der Waals surface area (Å²) in [4.78, 5) is 0.348. The minimum Gasteiger partial charge on any atom is -0.392 e. The van der Waals surface area contributed by atoms with Gasteiger partial charge in [-0.3, -0.25) is 0 Å². The van der Waals surface area contributed by atoms with E-state index < -0.39 is 15.6 Å². The molecule has 0 saturated carbocycles. The maximum absolute atomic E-state index is 12.4. The second-order valence-electron chi connectivity index (χ2n) is 4.22. The van der Waals surface area contributed by atoms with Gasteiger partial charge in [-0.05, 0) is 31.0 Å². The first-order valence-corrected chi connectivity index (χ1v) is 8.55. The molecule has 0 saturated heterocycles. The third-order valence-electron chi connectivity index (χ3n) is 3.11. The van der Waals surface area contributed by atoms with Crippen LogP contribution < -0.4 is 10.5 Å². The normalized spacial score (nSPS) is 12.4. The molecule has 0 atom stereocenters. The van der Waals surface area contributed by atoms with E-state index in [0.29, 0.717) is 17.3 Å². The summed E-state index contributed by atoms with van der Waals surface area (Å²) < 4.78 is 28.1. The van der Waals surface area contributed by atoms with Gasteiger partial charge in [0.2, 0.25) is 10.0 Å². The van der Waals surface area contributed by atoms with Crippen molar-refractivity contribution in [1.29, 1.82) is 0 Å². The SMILES string of the molecule is CCC(CC)(NS(=O)(=O)c1cccc(Br)c1)C(N)=S. The van der Waals surface area contributed by atoms with Crippen LogP contribution in [0.1, 0.15) is 26.7 Å². The summed E-state index contributed by atoms with van der Waals surface area (Å²) in [7, 11) is -3.66. The van der Waals surface area contributed by atoms with Crippen LogP contribution in [-0.4, -0.2) is 18.9 Å². The third kappa shape index (κ3) is 3.75. The molecule has 0 bridgehead atoms. The van der Waals surface area contributed by atoms with E-state index in [4.69, 9.17) is 18.0 Å². The summed E-state index contributed by atoms with van der Waals surface area (Å²) in [6, 6.07) is 6.50. The Labute approximate surface area is 127 Å². The molecule has 106 valence electrons. The lowest BCUT2D eigenvalue weighted by Crippen LogP contribution is -2.55. The van der Waals surface area contributed by atoms with Crippen molar-refractivity contribution in [3.8, 4) is 0 Å². The van der Waals surface area contributed by atoms with E-state index in [2.05, 4.69) is 20.7 Å². The summed E-state index contributed by atoms with van der Waals surface area (Å²) in [5, 5.41) is 0. The van der Waals surface area contributed by atoms with Gasteiger partial charge in [-0.2, -0.15) is 4.72 Å². The molecule has 0 aromatic heterocycles. The van der Waals surface area contributed by atoms with Gasteiger partial charge in [0, 0.05) is 4.47 Å². The topological polar surface area (TPSA) is 72.2 Å². The maximum atomic E-state index is 12.4. The van der Waals surface area contributed by atoms with Crippen molar-refractivity contribution in [3.63, 3.8) is 0 Å². The summed E-state index contributed by atoms with van der Waals surface area (Å²) >= 11 is 8.27. The van der Waals surface area contributed by atoms with Gasteiger partial charge in [0.1, 0.15) is 0 Å². The Morgan fingerprint density at radius 3 is 2.42 bits per heavy atom. The predicted octanol–water partition coefficient (Wildman–Crippen LogP) is 2.57. The van der Waals surface area contributed by atoms with E-state index in [1.165, 1.54) is 12.1 Å². The summed E-state index contributed by atoms with van der Waals surface area (Å²) in [5.41, 5.74) is 4.82. The van der Waals surface area contributed by atoms with Crippen LogP contribution in [0, 0.1) is 0 Å². The second-order valence-corrected chi connectivity index (χ2v) is 7.25. The average Bonchev–Trinajstić information content (AvgIpc) is 2.35. The lowest BCUT2D eigenvalue weighted by atomic mass is 9.94. The molecule has 1 rings (SSSR count). The van der Waals surface area contributed by atoms with Crippen molar-refractivity contribution in [1.82, 2.24) is 4.72 Å². The zero-order valence-electron chi connectivity index (χ0n) is 10.8. The van der Waals surface area contributed by atoms with Gasteiger partial charge >= 0.3 is 0 Å². The summed E-state index contributed by atoms with van der Waals surface area (Å²) in [6.45, 7) is 3.71. The molecule has 0 radical (unpaired) electrons. The number of benzene rings is 1. The Morgan fingerprint density at radius 1 is 1.42 bits per heavy atom. The van der Waals surface area contributed by atoms with E-state index in [1.54, 1.807) is 12.1 Å². The molecule has 7 heteroatoms. The molecular formula is C12H17BrN2O2S2. The van der Waals surface area contributed by atoms with Gasteiger partial charge in [0.15, 0.2) is 0 Å². The Kier molecular flexibility index (Phi) is 5.49. The van der Waals surface area contributed by atoms with Gasteiger partial charge in [0.25, 0.3) is 0 Å². The molecule has 0 heterocycles. The Bertz CT molecular complexity index is 569. The standard InChI is InChI=1S/C12H17BrN2O2S2/c1-3-12(4-2,11(14)18)15-19(16,17)10-7-5-6-9(13)8-10/h5-8,15H,3-4H2,1-2H3,(H2,14,18). The van der Waals surface area contributed by atoms with E-state index >= 15 is 0 Å². The van der Waals surface area contributed by atoms with Crippen LogP contribution in [0.4, 0.5) is 0 Å². The fourth-order valence-corrected chi connectivity index (χ4v) is 4.27. The molecule has 3 N–H and O–H groups in total. The molecule has 0 unspecified atom stereocenters. The molecule has 4 nitrogen and oxygen atoms in total. The highest BCUT2D eigenvalue weighted by atomic mass is 79.9. The molecule has 0 aliphatic carbocycles. The van der Waals surface area contributed by atoms with Gasteiger partial charge in [-0.15, -0.1) is 0 Å². The van der Waals surface area contributed by atoms with Gasteiger partial charge in [0.05, 0.1) is 15.4 Å². The van der Waals surface area contributed by atoms with Gasteiger partial charge in [-0.1, -0.05) is 48.1 Å². The number of halogens is 1. The number of thiocarbonyl (C=S) groups is 1. The molecule has 0 spiro atoms. The third-order valence-corrected chi connectivity index (χ3v) is 5.53. The fraction of sp³-hybridized carbons (Fsp3) is 0.417. The molecule has 0 aliphatic rings. The molecule has 0 amide bonds. The minimum atomic E-state index is -3.66. The van der Waals surface area contributed by atoms with E-state index in [1.807, 2.05) is 13.8 Å². The van der Waals surface area contributed by atoms with Crippen LogP contribution in [-0.2, 0) is 10.0 Å². The Morgan fingerprint density at radius 2 is 2.00 bits per heavy atom. The largest absolute Gasteiger partial charge is 0.392 e. The molecular weight excluding hydrogens is 348 g/mol. The molecule has 19 heavy (non-hydrogen) atoms. The van der Waals surface area contributed by atoms with Crippen LogP contribution >= 0.6 is 28.1 Å². The molecule has 0 aliphatic heterocycles. The molecule has 0 fully saturated rings. The second kappa shape index (κ2) is 6.30. The molecule has 1 aromatic rings. The lowest BCUT2D eigenvalue weighted by Gasteiger charge is -2.31. The number of rotatable bonds is 6. The predicted molar refractivity (Wildman–Crippen MR) is 84.6 cm³/mol. The minimum absolute atomic E-state index is 0.163. The van der Waals surface area contributed by atoms with Crippen molar-refractivity contribution >= 4 is 43.2 Å². The monoisotopic (exact) mass is 364 g/mol. The van der Waals surface area contributed by atoms with Crippen LogP contribution in [0.15, 0.2) is 33.6 Å². The average molecular weight is 365 g/mol. The van der Waals surface area contributed by atoms with E-state index in [-0.39, 0.29) is 9.88 Å². The number of nitrogens with one attached hydrogen (secondary N) is 1. The van der Waals surface area contributed by atoms with Gasteiger partial charge < -0.3 is 5.73 Å². The van der Waals surface area contributed by atoms with Crippen LogP contribution in [0.25, 0.3) is 0 Å². The highest BCUT2D eigenvalue weighted by molar-refractivity contribution is 9.10. The van der Waals surface area contributed by atoms with Crippen LogP contribution in [0.5, 0.6) is 0 Å². The van der Waals surface area contributed by atoms with Crippen molar-refractivity contribution in [2.45, 2.75) is 37.1 Å². The Balaban J connectivity index is 3.18. The number of hydrogen-bond donors (Lipinski definition) is 2. The van der Waals surface area contributed by atoms with Crippen LogP contribution in [0.3, 0.4) is 0 Å². The molecule has 1 aromatic carbocycles. The first kappa shape index (κ1) is 16.6. The van der Waals surface area contributed by atoms with Crippen molar-refractivity contribution in [2.24, 2.45) is 5.73 Å². The van der Waals surface area contributed by atoms with Crippen molar-refractivity contribution < 1.29 is 8.42 Å². The first-order valence-electron chi connectivity index (χ1n) is 5.87. The first-order chi connectivity index (χ1) is 8.77. The van der Waals surface area contributed by atoms with Crippen molar-refractivity contribution in [3.05, 3.63) is 28.7 Å². The zero-order chi connectivity index (χ0) is 14.7. The fourth-order valence-electron chi connectivity index (χ4n) is 1.74.